The number of nitrogens with zero attached hydrogens (tertiary/aromatic N) is 1. The average molecular weight is 442 g/mol. The summed E-state index contributed by atoms with van der Waals surface area (Å²) in [5.74, 6) is 0. The summed E-state index contributed by atoms with van der Waals surface area (Å²) in [4.78, 5) is 2.25. The maximum Gasteiger partial charge on any atom is 2.00 e. The summed E-state index contributed by atoms with van der Waals surface area (Å²) in [6.07, 6.45) is 0. The molecular formula is C23H26Fe2N2. The SMILES string of the molecule is CN(CCNc1ccc[cH-]1)c1ccc[cH-]1.[Fe+2].[Fe+2].c1cc[cH-]c1.c1cc[cH-]c1. The molecule has 4 aromatic rings. The molecule has 0 radical (unpaired) electrons. The van der Waals surface area contributed by atoms with Crippen molar-refractivity contribution < 1.29 is 34.1 Å². The van der Waals surface area contributed by atoms with Gasteiger partial charge in [0.2, 0.25) is 0 Å². The molecule has 0 atom stereocenters. The van der Waals surface area contributed by atoms with E-state index >= 15 is 0 Å². The molecule has 4 rings (SSSR count). The van der Waals surface area contributed by atoms with Crippen molar-refractivity contribution in [3.63, 3.8) is 0 Å². The zero-order chi connectivity index (χ0) is 17.6. The molecule has 27 heavy (non-hydrogen) atoms. The van der Waals surface area contributed by atoms with Gasteiger partial charge in [-0.2, -0.15) is 60.7 Å². The second-order valence-electron chi connectivity index (χ2n) is 5.59. The monoisotopic (exact) mass is 442 g/mol. The van der Waals surface area contributed by atoms with Gasteiger partial charge in [0.15, 0.2) is 0 Å². The Bertz CT molecular complexity index is 636. The molecule has 0 bridgehead atoms. The van der Waals surface area contributed by atoms with Crippen molar-refractivity contribution >= 4 is 11.4 Å². The van der Waals surface area contributed by atoms with Gasteiger partial charge in [0, 0.05) is 20.1 Å². The van der Waals surface area contributed by atoms with Crippen LogP contribution < -0.4 is 10.2 Å². The number of rotatable bonds is 5. The van der Waals surface area contributed by atoms with Crippen LogP contribution >= 0.6 is 0 Å². The standard InChI is InChI=1S/C13H16N2.2C5H5.2Fe/c1-15(13-8-4-5-9-13)11-10-14-12-6-2-3-7-12;2*1-2-4-5-3-1;;/h2-9,14H,10-11H2,1H3;2*1-5H;;/q-2;2*-1;2*+2. The van der Waals surface area contributed by atoms with Crippen LogP contribution in [0.1, 0.15) is 0 Å². The van der Waals surface area contributed by atoms with E-state index in [1.807, 2.05) is 72.8 Å². The van der Waals surface area contributed by atoms with Crippen LogP contribution in [0.3, 0.4) is 0 Å². The van der Waals surface area contributed by atoms with Crippen LogP contribution in [0.15, 0.2) is 109 Å². The van der Waals surface area contributed by atoms with Crippen LogP contribution in [0.25, 0.3) is 0 Å². The smallest absolute Gasteiger partial charge is 0.405 e. The van der Waals surface area contributed by atoms with Crippen LogP contribution in [-0.2, 0) is 34.1 Å². The van der Waals surface area contributed by atoms with Gasteiger partial charge in [-0.3, -0.25) is 0 Å². The zero-order valence-electron chi connectivity index (χ0n) is 15.5. The Labute approximate surface area is 184 Å². The molecule has 0 saturated carbocycles. The maximum atomic E-state index is 3.38. The average Bonchev–Trinajstić information content (AvgIpc) is 3.48. The van der Waals surface area contributed by atoms with Gasteiger partial charge in [-0.05, 0) is 0 Å². The Morgan fingerprint density at radius 3 is 1.70 bits per heavy atom. The molecule has 0 amide bonds. The van der Waals surface area contributed by atoms with Gasteiger partial charge >= 0.3 is 34.1 Å². The largest absolute Gasteiger partial charge is 2.00 e. The van der Waals surface area contributed by atoms with Crippen molar-refractivity contribution in [2.24, 2.45) is 0 Å². The third kappa shape index (κ3) is 11.4. The third-order valence-electron chi connectivity index (χ3n) is 3.64. The van der Waals surface area contributed by atoms with Crippen molar-refractivity contribution in [3.05, 3.63) is 109 Å². The van der Waals surface area contributed by atoms with Crippen LogP contribution in [0.5, 0.6) is 0 Å². The molecule has 0 saturated heterocycles. The maximum absolute atomic E-state index is 3.38. The summed E-state index contributed by atoms with van der Waals surface area (Å²) in [6.45, 7) is 1.97. The molecule has 0 spiro atoms. The number of anilines is 2. The van der Waals surface area contributed by atoms with E-state index in [-0.39, 0.29) is 34.1 Å². The van der Waals surface area contributed by atoms with E-state index in [1.165, 1.54) is 11.4 Å². The van der Waals surface area contributed by atoms with Gasteiger partial charge in [-0.25, -0.2) is 36.4 Å². The van der Waals surface area contributed by atoms with E-state index in [1.54, 1.807) is 0 Å². The minimum atomic E-state index is 0. The van der Waals surface area contributed by atoms with Crippen molar-refractivity contribution in [3.8, 4) is 0 Å². The van der Waals surface area contributed by atoms with E-state index in [4.69, 9.17) is 0 Å². The number of nitrogens with one attached hydrogen (secondary N) is 1. The Hall–Kier alpha value is -1.96. The zero-order valence-corrected chi connectivity index (χ0v) is 17.7. The predicted octanol–water partition coefficient (Wildman–Crippen LogP) is 5.48. The molecule has 0 unspecified atom stereocenters. The fourth-order valence-corrected chi connectivity index (χ4v) is 2.25. The first-order valence-corrected chi connectivity index (χ1v) is 8.58. The van der Waals surface area contributed by atoms with E-state index < -0.39 is 0 Å². The van der Waals surface area contributed by atoms with E-state index in [9.17, 15) is 0 Å². The fraction of sp³-hybridized carbons (Fsp3) is 0.130. The van der Waals surface area contributed by atoms with Gasteiger partial charge in [0.25, 0.3) is 0 Å². The second kappa shape index (κ2) is 16.2. The van der Waals surface area contributed by atoms with E-state index in [2.05, 4.69) is 53.7 Å². The molecule has 0 fully saturated rings. The molecule has 0 aromatic heterocycles. The molecule has 0 aliphatic heterocycles. The van der Waals surface area contributed by atoms with Gasteiger partial charge in [0.05, 0.1) is 0 Å². The molecule has 0 aliphatic carbocycles. The van der Waals surface area contributed by atoms with Crippen LogP contribution in [0.2, 0.25) is 0 Å². The van der Waals surface area contributed by atoms with Gasteiger partial charge in [-0.1, -0.05) is 11.4 Å². The Kier molecular flexibility index (Phi) is 15.1. The van der Waals surface area contributed by atoms with E-state index in [0.29, 0.717) is 0 Å². The van der Waals surface area contributed by atoms with Crippen molar-refractivity contribution in [1.82, 2.24) is 0 Å². The normalized spacial score (nSPS) is 8.63. The summed E-state index contributed by atoms with van der Waals surface area (Å²) in [6, 6.07) is 36.6. The van der Waals surface area contributed by atoms with Crippen molar-refractivity contribution in [2.75, 3.05) is 30.4 Å². The molecule has 144 valence electrons. The third-order valence-corrected chi connectivity index (χ3v) is 3.64. The predicted molar refractivity (Wildman–Crippen MR) is 110 cm³/mol. The number of hydrogen-bond donors (Lipinski definition) is 1. The Morgan fingerprint density at radius 1 is 0.741 bits per heavy atom. The number of likely N-dealkylation sites (N-methyl/N-ethyl adjacent to an activating group) is 1. The second-order valence-corrected chi connectivity index (χ2v) is 5.59. The molecule has 0 aliphatic rings. The fourth-order valence-electron chi connectivity index (χ4n) is 2.25. The summed E-state index contributed by atoms with van der Waals surface area (Å²) >= 11 is 0. The first kappa shape index (κ1) is 25.0. The van der Waals surface area contributed by atoms with Crippen molar-refractivity contribution in [1.29, 1.82) is 0 Å². The topological polar surface area (TPSA) is 15.3 Å². The number of hydrogen-bond acceptors (Lipinski definition) is 2. The summed E-state index contributed by atoms with van der Waals surface area (Å²) in [5.41, 5.74) is 2.48. The molecule has 2 nitrogen and oxygen atoms in total. The van der Waals surface area contributed by atoms with Gasteiger partial charge in [0.1, 0.15) is 0 Å². The first-order valence-electron chi connectivity index (χ1n) is 8.58. The van der Waals surface area contributed by atoms with Gasteiger partial charge in [-0.15, -0.1) is 12.1 Å². The molecule has 0 heterocycles. The van der Waals surface area contributed by atoms with Crippen LogP contribution in [0, 0.1) is 0 Å². The Morgan fingerprint density at radius 2 is 1.30 bits per heavy atom. The van der Waals surface area contributed by atoms with Crippen LogP contribution in [0.4, 0.5) is 11.4 Å². The quantitative estimate of drug-likeness (QED) is 0.326. The van der Waals surface area contributed by atoms with Crippen LogP contribution in [-0.4, -0.2) is 20.1 Å². The van der Waals surface area contributed by atoms with Crippen molar-refractivity contribution in [2.45, 2.75) is 0 Å². The minimum absolute atomic E-state index is 0. The Balaban J connectivity index is 0.000000465. The first-order chi connectivity index (χ1) is 12.4. The molecule has 4 aromatic carbocycles. The summed E-state index contributed by atoms with van der Waals surface area (Å²) in [5, 5.41) is 3.38. The van der Waals surface area contributed by atoms with E-state index in [0.717, 1.165) is 13.1 Å². The molecular weight excluding hydrogens is 416 g/mol. The van der Waals surface area contributed by atoms with Gasteiger partial charge < -0.3 is 10.2 Å². The summed E-state index contributed by atoms with van der Waals surface area (Å²) in [7, 11) is 2.11. The molecule has 4 heteroatoms. The summed E-state index contributed by atoms with van der Waals surface area (Å²) < 4.78 is 0. The minimum Gasteiger partial charge on any atom is -0.405 e. The molecule has 1 N–H and O–H groups in total.